The minimum atomic E-state index is 0.618. The van der Waals surface area contributed by atoms with Gasteiger partial charge >= 0.3 is 0 Å². The first-order chi connectivity index (χ1) is 23.9. The molecule has 8 aromatic rings. The van der Waals surface area contributed by atoms with E-state index in [0.29, 0.717) is 5.56 Å². The fourth-order valence-corrected chi connectivity index (χ4v) is 7.37. The number of aryl methyl sites for hydroxylation is 4. The molecule has 0 spiro atoms. The molecule has 3 nitrogen and oxygen atoms in total. The van der Waals surface area contributed by atoms with Crippen LogP contribution in [0.15, 0.2) is 140 Å². The molecule has 0 amide bonds. The van der Waals surface area contributed by atoms with E-state index in [2.05, 4.69) is 153 Å². The zero-order chi connectivity index (χ0) is 33.6. The van der Waals surface area contributed by atoms with Gasteiger partial charge < -0.3 is 4.57 Å². The number of nitrogens with zero attached hydrogens (tertiary/aromatic N) is 3. The zero-order valence-electron chi connectivity index (χ0n) is 28.1. The number of benzene rings is 6. The molecule has 2 heterocycles. The first-order valence-corrected chi connectivity index (χ1v) is 16.7. The van der Waals surface area contributed by atoms with Crippen molar-refractivity contribution in [2.45, 2.75) is 27.7 Å². The van der Waals surface area contributed by atoms with Gasteiger partial charge in [-0.25, -0.2) is 0 Å². The summed E-state index contributed by atoms with van der Waals surface area (Å²) < 4.78 is 2.38. The van der Waals surface area contributed by atoms with Gasteiger partial charge in [-0.05, 0) is 109 Å². The highest BCUT2D eigenvalue weighted by atomic mass is 15.0. The van der Waals surface area contributed by atoms with Crippen LogP contribution in [0.25, 0.3) is 72.0 Å². The van der Waals surface area contributed by atoms with E-state index >= 15 is 0 Å². The average Bonchev–Trinajstić information content (AvgIpc) is 3.44. The van der Waals surface area contributed by atoms with E-state index in [1.807, 2.05) is 18.2 Å². The number of pyridine rings is 1. The Morgan fingerprint density at radius 2 is 1.04 bits per heavy atom. The summed E-state index contributed by atoms with van der Waals surface area (Å²) in [5, 5.41) is 13.0. The van der Waals surface area contributed by atoms with Crippen LogP contribution in [0.1, 0.15) is 27.8 Å². The molecule has 0 bridgehead atoms. The SMILES string of the molecule is Cc1ccc(-c2ccc3c4ccc(-c5ccc(C)cc5C)cc4n(-c4cc(C#N)c(-c5ccncc5)cc4-c4ccccc4)c3c2)c(C)c1. The average molecular weight is 630 g/mol. The van der Waals surface area contributed by atoms with Crippen molar-refractivity contribution in [3.05, 3.63) is 168 Å². The van der Waals surface area contributed by atoms with E-state index in [1.54, 1.807) is 12.4 Å². The van der Waals surface area contributed by atoms with Gasteiger partial charge in [0.15, 0.2) is 0 Å². The van der Waals surface area contributed by atoms with E-state index < -0.39 is 0 Å². The van der Waals surface area contributed by atoms with Gasteiger partial charge in [-0.1, -0.05) is 102 Å². The molecule has 0 saturated carbocycles. The molecule has 0 N–H and O–H groups in total. The molecule has 0 atom stereocenters. The summed E-state index contributed by atoms with van der Waals surface area (Å²) >= 11 is 0. The van der Waals surface area contributed by atoms with Gasteiger partial charge in [0.2, 0.25) is 0 Å². The van der Waals surface area contributed by atoms with E-state index in [4.69, 9.17) is 0 Å². The van der Waals surface area contributed by atoms with Gasteiger partial charge in [-0.3, -0.25) is 4.98 Å². The van der Waals surface area contributed by atoms with Crippen molar-refractivity contribution < 1.29 is 0 Å². The van der Waals surface area contributed by atoms with Crippen LogP contribution in [-0.2, 0) is 0 Å². The molecular weight excluding hydrogens is 595 g/mol. The second-order valence-electron chi connectivity index (χ2n) is 13.1. The number of aromatic nitrogens is 2. The lowest BCUT2D eigenvalue weighted by Gasteiger charge is -2.18. The Hall–Kier alpha value is -6.24. The summed E-state index contributed by atoms with van der Waals surface area (Å²) in [6.45, 7) is 8.64. The highest BCUT2D eigenvalue weighted by Gasteiger charge is 2.21. The van der Waals surface area contributed by atoms with Gasteiger partial charge in [-0.15, -0.1) is 0 Å². The predicted molar refractivity (Wildman–Crippen MR) is 204 cm³/mol. The maximum atomic E-state index is 10.6. The molecule has 0 fully saturated rings. The number of fused-ring (bicyclic) bond motifs is 3. The Morgan fingerprint density at radius 3 is 1.57 bits per heavy atom. The van der Waals surface area contributed by atoms with Crippen molar-refractivity contribution in [3.8, 4) is 56.3 Å². The minimum absolute atomic E-state index is 0.618. The van der Waals surface area contributed by atoms with E-state index in [9.17, 15) is 5.26 Å². The Labute approximate surface area is 287 Å². The van der Waals surface area contributed by atoms with Gasteiger partial charge in [0, 0.05) is 34.3 Å². The molecule has 0 unspecified atom stereocenters. The van der Waals surface area contributed by atoms with Crippen molar-refractivity contribution in [1.82, 2.24) is 9.55 Å². The number of nitriles is 1. The Bertz CT molecular complexity index is 2480. The lowest BCUT2D eigenvalue weighted by Crippen LogP contribution is -2.00. The highest BCUT2D eigenvalue weighted by Crippen LogP contribution is 2.42. The van der Waals surface area contributed by atoms with Crippen molar-refractivity contribution in [2.75, 3.05) is 0 Å². The first-order valence-electron chi connectivity index (χ1n) is 16.7. The fraction of sp³-hybridized carbons (Fsp3) is 0.0870. The van der Waals surface area contributed by atoms with Crippen LogP contribution in [0.5, 0.6) is 0 Å². The van der Waals surface area contributed by atoms with Crippen LogP contribution >= 0.6 is 0 Å². The summed E-state index contributed by atoms with van der Waals surface area (Å²) in [6.07, 6.45) is 3.56. The Kier molecular flexibility index (Phi) is 7.43. The van der Waals surface area contributed by atoms with Crippen molar-refractivity contribution in [2.24, 2.45) is 0 Å². The van der Waals surface area contributed by atoms with E-state index in [1.165, 1.54) is 55.3 Å². The largest absolute Gasteiger partial charge is 0.309 e. The summed E-state index contributed by atoms with van der Waals surface area (Å²) in [6, 6.07) is 48.2. The third-order valence-corrected chi connectivity index (χ3v) is 9.73. The van der Waals surface area contributed by atoms with Crippen LogP contribution in [0, 0.1) is 39.0 Å². The lowest BCUT2D eigenvalue weighted by atomic mass is 9.93. The smallest absolute Gasteiger partial charge is 0.0998 e. The van der Waals surface area contributed by atoms with Crippen LogP contribution in [0.3, 0.4) is 0 Å². The molecule has 0 aliphatic carbocycles. The molecular formula is C46H35N3. The second kappa shape index (κ2) is 12.1. The monoisotopic (exact) mass is 629 g/mol. The maximum absolute atomic E-state index is 10.6. The van der Waals surface area contributed by atoms with E-state index in [-0.39, 0.29) is 0 Å². The third-order valence-electron chi connectivity index (χ3n) is 9.73. The molecule has 6 aromatic carbocycles. The van der Waals surface area contributed by atoms with Crippen LogP contribution in [0.2, 0.25) is 0 Å². The molecule has 2 aromatic heterocycles. The Morgan fingerprint density at radius 1 is 0.490 bits per heavy atom. The van der Waals surface area contributed by atoms with Crippen molar-refractivity contribution in [1.29, 1.82) is 5.26 Å². The van der Waals surface area contributed by atoms with Gasteiger partial charge in [-0.2, -0.15) is 5.26 Å². The van der Waals surface area contributed by atoms with Gasteiger partial charge in [0.25, 0.3) is 0 Å². The standard InChI is InChI=1S/C46H35N3/c1-29-10-14-38(31(3)22-29)35-12-16-40-41-17-13-36(39-15-11-30(2)23-32(39)4)25-45(41)49(44(40)24-35)46-26-37(28-47)42(34-18-20-48-21-19-34)27-43(46)33-8-6-5-7-9-33/h5-27H,1-4H3. The third kappa shape index (κ3) is 5.29. The molecule has 3 heteroatoms. The number of rotatable bonds is 5. The summed E-state index contributed by atoms with van der Waals surface area (Å²) in [5.41, 5.74) is 17.5. The normalized spacial score (nSPS) is 11.2. The van der Waals surface area contributed by atoms with Crippen molar-refractivity contribution >= 4 is 21.8 Å². The van der Waals surface area contributed by atoms with Crippen LogP contribution < -0.4 is 0 Å². The molecule has 234 valence electrons. The van der Waals surface area contributed by atoms with Gasteiger partial charge in [0.1, 0.15) is 0 Å². The molecule has 0 aliphatic heterocycles. The molecule has 8 rings (SSSR count). The summed E-state index contributed by atoms with van der Waals surface area (Å²) in [7, 11) is 0. The van der Waals surface area contributed by atoms with Crippen LogP contribution in [-0.4, -0.2) is 9.55 Å². The van der Waals surface area contributed by atoms with E-state index in [0.717, 1.165) is 39.0 Å². The summed E-state index contributed by atoms with van der Waals surface area (Å²) in [5.74, 6) is 0. The quantitative estimate of drug-likeness (QED) is 0.190. The zero-order valence-corrected chi connectivity index (χ0v) is 28.1. The topological polar surface area (TPSA) is 41.6 Å². The van der Waals surface area contributed by atoms with Crippen LogP contribution in [0.4, 0.5) is 0 Å². The summed E-state index contributed by atoms with van der Waals surface area (Å²) in [4.78, 5) is 4.23. The molecule has 0 saturated heterocycles. The molecule has 0 radical (unpaired) electrons. The number of hydrogen-bond acceptors (Lipinski definition) is 2. The minimum Gasteiger partial charge on any atom is -0.309 e. The predicted octanol–water partition coefficient (Wildman–Crippen LogP) is 12.0. The fourth-order valence-electron chi connectivity index (χ4n) is 7.37. The lowest BCUT2D eigenvalue weighted by molar-refractivity contribution is 1.18. The molecule has 0 aliphatic rings. The number of hydrogen-bond donors (Lipinski definition) is 0. The van der Waals surface area contributed by atoms with Crippen molar-refractivity contribution in [3.63, 3.8) is 0 Å². The highest BCUT2D eigenvalue weighted by molar-refractivity contribution is 6.12. The Balaban J connectivity index is 1.50. The van der Waals surface area contributed by atoms with Gasteiger partial charge in [0.05, 0.1) is 28.4 Å². The second-order valence-corrected chi connectivity index (χ2v) is 13.1. The first kappa shape index (κ1) is 30.1. The maximum Gasteiger partial charge on any atom is 0.0998 e. The molecule has 49 heavy (non-hydrogen) atoms.